The van der Waals surface area contributed by atoms with Gasteiger partial charge >= 0.3 is 5.97 Å². The first-order chi connectivity index (χ1) is 8.75. The molecule has 1 aromatic carbocycles. The largest absolute Gasteiger partial charge is 0.459 e. The molecule has 3 heteroatoms. The third-order valence-electron chi connectivity index (χ3n) is 2.56. The number of carbonyl (C=O) groups excluding carboxylic acids is 1. The Hall–Kier alpha value is -1.87. The molecule has 1 unspecified atom stereocenters. The lowest BCUT2D eigenvalue weighted by atomic mass is 10.2. The van der Waals surface area contributed by atoms with Gasteiger partial charge in [-0.15, -0.1) is 0 Å². The zero-order valence-corrected chi connectivity index (χ0v) is 10.3. The summed E-state index contributed by atoms with van der Waals surface area (Å²) in [6, 6.07) is 9.92. The molecule has 0 aliphatic carbocycles. The van der Waals surface area contributed by atoms with Crippen LogP contribution in [0.3, 0.4) is 0 Å². The highest BCUT2D eigenvalue weighted by Gasteiger charge is 2.24. The lowest BCUT2D eigenvalue weighted by molar-refractivity contribution is -0.139. The summed E-state index contributed by atoms with van der Waals surface area (Å²) >= 11 is 0. The number of hydrogen-bond acceptors (Lipinski definition) is 3. The summed E-state index contributed by atoms with van der Waals surface area (Å²) in [6.45, 7) is 2.79. The fourth-order valence-electron chi connectivity index (χ4n) is 1.38. The van der Waals surface area contributed by atoms with Crippen LogP contribution in [0.4, 0.5) is 0 Å². The van der Waals surface area contributed by atoms with Gasteiger partial charge < -0.3 is 9.47 Å². The molecule has 1 atom stereocenters. The Morgan fingerprint density at radius 1 is 1.44 bits per heavy atom. The molecule has 1 fully saturated rings. The van der Waals surface area contributed by atoms with E-state index in [4.69, 9.17) is 9.47 Å². The molecule has 1 heterocycles. The van der Waals surface area contributed by atoms with Crippen molar-refractivity contribution < 1.29 is 14.3 Å². The molecule has 1 saturated heterocycles. The molecule has 0 N–H and O–H groups in total. The Morgan fingerprint density at radius 3 is 2.83 bits per heavy atom. The van der Waals surface area contributed by atoms with Crippen LogP contribution in [-0.2, 0) is 14.3 Å². The van der Waals surface area contributed by atoms with Crippen LogP contribution in [-0.4, -0.2) is 25.3 Å². The van der Waals surface area contributed by atoms with Crippen molar-refractivity contribution in [3.8, 4) is 0 Å². The average molecular weight is 244 g/mol. The normalized spacial score (nSPS) is 18.9. The Labute approximate surface area is 107 Å². The second-order valence-corrected chi connectivity index (χ2v) is 4.17. The minimum absolute atomic E-state index is 0.113. The molecule has 0 saturated carbocycles. The van der Waals surface area contributed by atoms with Gasteiger partial charge in [0.05, 0.1) is 6.61 Å². The van der Waals surface area contributed by atoms with Gasteiger partial charge in [0.25, 0.3) is 0 Å². The van der Waals surface area contributed by atoms with Gasteiger partial charge in [-0.05, 0) is 12.5 Å². The van der Waals surface area contributed by atoms with Gasteiger partial charge in [-0.1, -0.05) is 48.6 Å². The summed E-state index contributed by atoms with van der Waals surface area (Å²) in [7, 11) is 0. The lowest BCUT2D eigenvalue weighted by Crippen LogP contribution is -2.10. The van der Waals surface area contributed by atoms with Crippen molar-refractivity contribution in [1.82, 2.24) is 0 Å². The molecule has 1 aliphatic heterocycles. The minimum atomic E-state index is -0.289. The summed E-state index contributed by atoms with van der Waals surface area (Å²) in [6.07, 6.45) is 5.66. The summed E-state index contributed by atoms with van der Waals surface area (Å²) < 4.78 is 10.0. The molecule has 0 radical (unpaired) electrons. The van der Waals surface area contributed by atoms with Gasteiger partial charge in [-0.2, -0.15) is 0 Å². The molecule has 0 spiro atoms. The first kappa shape index (κ1) is 12.6. The topological polar surface area (TPSA) is 38.8 Å². The van der Waals surface area contributed by atoms with Crippen molar-refractivity contribution in [3.63, 3.8) is 0 Å². The van der Waals surface area contributed by atoms with Crippen LogP contribution in [0.5, 0.6) is 0 Å². The van der Waals surface area contributed by atoms with E-state index < -0.39 is 0 Å². The van der Waals surface area contributed by atoms with Crippen molar-refractivity contribution in [2.75, 3.05) is 13.2 Å². The average Bonchev–Trinajstić information content (AvgIpc) is 3.21. The van der Waals surface area contributed by atoms with Crippen molar-refractivity contribution in [3.05, 3.63) is 53.6 Å². The summed E-state index contributed by atoms with van der Waals surface area (Å²) in [4.78, 5) is 11.5. The molecule has 3 nitrogen and oxygen atoms in total. The SMILES string of the molecule is CC(=CC=Cc1ccccc1)C(=O)OCC1CO1. The van der Waals surface area contributed by atoms with Crippen LogP contribution in [0.25, 0.3) is 6.08 Å². The molecular weight excluding hydrogens is 228 g/mol. The second kappa shape index (κ2) is 6.17. The Morgan fingerprint density at radius 2 is 2.17 bits per heavy atom. The van der Waals surface area contributed by atoms with Gasteiger partial charge in [0.15, 0.2) is 0 Å². The molecular formula is C15H16O3. The summed E-state index contributed by atoms with van der Waals surface area (Å²) in [5.41, 5.74) is 1.68. The fraction of sp³-hybridized carbons (Fsp3) is 0.267. The van der Waals surface area contributed by atoms with E-state index in [1.165, 1.54) is 0 Å². The van der Waals surface area contributed by atoms with E-state index in [1.807, 2.05) is 42.5 Å². The maximum absolute atomic E-state index is 11.5. The van der Waals surface area contributed by atoms with E-state index in [-0.39, 0.29) is 12.1 Å². The Balaban J connectivity index is 1.83. The van der Waals surface area contributed by atoms with E-state index in [0.29, 0.717) is 18.8 Å². The molecule has 18 heavy (non-hydrogen) atoms. The number of esters is 1. The molecule has 94 valence electrons. The maximum Gasteiger partial charge on any atom is 0.333 e. The van der Waals surface area contributed by atoms with E-state index >= 15 is 0 Å². The quantitative estimate of drug-likeness (QED) is 0.346. The van der Waals surface area contributed by atoms with Crippen LogP contribution in [0, 0.1) is 0 Å². The second-order valence-electron chi connectivity index (χ2n) is 4.17. The zero-order valence-electron chi connectivity index (χ0n) is 10.3. The molecule has 1 aromatic rings. The van der Waals surface area contributed by atoms with Crippen molar-refractivity contribution in [1.29, 1.82) is 0 Å². The Bertz CT molecular complexity index is 456. The summed E-state index contributed by atoms with van der Waals surface area (Å²) in [5, 5.41) is 0. The number of rotatable bonds is 5. The first-order valence-corrected chi connectivity index (χ1v) is 5.94. The predicted octanol–water partition coefficient (Wildman–Crippen LogP) is 2.59. The smallest absolute Gasteiger partial charge is 0.333 e. The molecule has 0 bridgehead atoms. The highest BCUT2D eigenvalue weighted by atomic mass is 16.6. The van der Waals surface area contributed by atoms with Crippen molar-refractivity contribution in [2.24, 2.45) is 0 Å². The van der Waals surface area contributed by atoms with Crippen molar-refractivity contribution in [2.45, 2.75) is 13.0 Å². The van der Waals surface area contributed by atoms with Gasteiger partial charge in [0.1, 0.15) is 12.7 Å². The van der Waals surface area contributed by atoms with Gasteiger partial charge in [-0.3, -0.25) is 0 Å². The van der Waals surface area contributed by atoms with Crippen molar-refractivity contribution >= 4 is 12.0 Å². The highest BCUT2D eigenvalue weighted by molar-refractivity contribution is 5.88. The lowest BCUT2D eigenvalue weighted by Gasteiger charge is -2.01. The third kappa shape index (κ3) is 4.18. The summed E-state index contributed by atoms with van der Waals surface area (Å²) in [5.74, 6) is -0.289. The minimum Gasteiger partial charge on any atom is -0.459 e. The van der Waals surface area contributed by atoms with Crippen LogP contribution < -0.4 is 0 Å². The zero-order chi connectivity index (χ0) is 12.8. The molecule has 2 rings (SSSR count). The predicted molar refractivity (Wildman–Crippen MR) is 69.9 cm³/mol. The monoisotopic (exact) mass is 244 g/mol. The number of carbonyl (C=O) groups is 1. The number of epoxide rings is 1. The maximum atomic E-state index is 11.5. The number of hydrogen-bond donors (Lipinski definition) is 0. The molecule has 0 amide bonds. The van der Waals surface area contributed by atoms with Gasteiger partial charge in [-0.25, -0.2) is 4.79 Å². The number of benzene rings is 1. The van der Waals surface area contributed by atoms with E-state index in [1.54, 1.807) is 13.0 Å². The van der Waals surface area contributed by atoms with E-state index in [9.17, 15) is 4.79 Å². The van der Waals surface area contributed by atoms with Crippen LogP contribution in [0.2, 0.25) is 0 Å². The standard InChI is InChI=1S/C15H16O3/c1-12(15(16)18-11-14-10-17-14)6-5-9-13-7-3-2-4-8-13/h2-9,14H,10-11H2,1H3. The third-order valence-corrected chi connectivity index (χ3v) is 2.56. The first-order valence-electron chi connectivity index (χ1n) is 5.94. The van der Waals surface area contributed by atoms with E-state index in [0.717, 1.165) is 5.56 Å². The Kier molecular flexibility index (Phi) is 4.31. The number of allylic oxidation sites excluding steroid dienone is 2. The van der Waals surface area contributed by atoms with Crippen LogP contribution >= 0.6 is 0 Å². The fourth-order valence-corrected chi connectivity index (χ4v) is 1.38. The van der Waals surface area contributed by atoms with Gasteiger partial charge in [0.2, 0.25) is 0 Å². The molecule has 0 aromatic heterocycles. The van der Waals surface area contributed by atoms with Crippen LogP contribution in [0.15, 0.2) is 48.1 Å². The van der Waals surface area contributed by atoms with E-state index in [2.05, 4.69) is 0 Å². The molecule has 1 aliphatic rings. The van der Waals surface area contributed by atoms with Gasteiger partial charge in [0, 0.05) is 5.57 Å². The van der Waals surface area contributed by atoms with Crippen LogP contribution in [0.1, 0.15) is 12.5 Å². The highest BCUT2D eigenvalue weighted by Crippen LogP contribution is 2.10. The number of ether oxygens (including phenoxy) is 2.